The molecule has 3 aromatic rings. The van der Waals surface area contributed by atoms with Crippen molar-refractivity contribution in [1.29, 1.82) is 0 Å². The van der Waals surface area contributed by atoms with Crippen LogP contribution in [0.25, 0.3) is 10.2 Å². The molecule has 0 aliphatic rings. The summed E-state index contributed by atoms with van der Waals surface area (Å²) < 4.78 is 39.8. The topological polar surface area (TPSA) is 124 Å². The van der Waals surface area contributed by atoms with Crippen molar-refractivity contribution in [2.45, 2.75) is 44.5 Å². The van der Waals surface area contributed by atoms with Crippen molar-refractivity contribution >= 4 is 42.9 Å². The molecule has 0 radical (unpaired) electrons. The van der Waals surface area contributed by atoms with E-state index >= 15 is 0 Å². The third-order valence-electron chi connectivity index (χ3n) is 5.28. The molecule has 0 fully saturated rings. The minimum Gasteiger partial charge on any atom is -0.338 e. The number of rotatable bonds is 7. The fourth-order valence-electron chi connectivity index (χ4n) is 3.03. The van der Waals surface area contributed by atoms with Gasteiger partial charge >= 0.3 is 0 Å². The van der Waals surface area contributed by atoms with Crippen molar-refractivity contribution in [2.24, 2.45) is 11.5 Å². The van der Waals surface area contributed by atoms with Gasteiger partial charge in [-0.3, -0.25) is 0 Å². The quantitative estimate of drug-likeness (QED) is 0.470. The molecule has 0 saturated carbocycles. The van der Waals surface area contributed by atoms with Gasteiger partial charge in [0.25, 0.3) is 0 Å². The molecule has 0 aliphatic carbocycles. The summed E-state index contributed by atoms with van der Waals surface area (Å²) in [5.74, 6) is -0.788. The Kier molecular flexibility index (Phi) is 6.15. The third kappa shape index (κ3) is 4.31. The molecule has 0 bridgehead atoms. The van der Waals surface area contributed by atoms with Gasteiger partial charge in [0.15, 0.2) is 15.7 Å². The average molecular weight is 452 g/mol. The predicted molar refractivity (Wildman–Crippen MR) is 120 cm³/mol. The first-order valence-electron chi connectivity index (χ1n) is 9.44. The van der Waals surface area contributed by atoms with Crippen molar-refractivity contribution in [2.75, 3.05) is 11.1 Å². The Balaban J connectivity index is 1.90. The molecule has 5 N–H and O–H groups in total. The monoisotopic (exact) mass is 451 g/mol. The van der Waals surface area contributed by atoms with Crippen LogP contribution in [0.1, 0.15) is 37.3 Å². The Hall–Kier alpha value is -2.14. The third-order valence-corrected chi connectivity index (χ3v) is 9.03. The smallest absolute Gasteiger partial charge is 0.158 e. The van der Waals surface area contributed by atoms with Gasteiger partial charge in [-0.05, 0) is 56.5 Å². The van der Waals surface area contributed by atoms with Gasteiger partial charge in [0.2, 0.25) is 0 Å². The van der Waals surface area contributed by atoms with Gasteiger partial charge in [0.05, 0.1) is 26.4 Å². The Bertz CT molecular complexity index is 1180. The van der Waals surface area contributed by atoms with Gasteiger partial charge in [-0.1, -0.05) is 6.92 Å². The van der Waals surface area contributed by atoms with Gasteiger partial charge in [0, 0.05) is 11.9 Å². The zero-order valence-electron chi connectivity index (χ0n) is 17.3. The minimum absolute atomic E-state index is 0.273. The van der Waals surface area contributed by atoms with Gasteiger partial charge in [0.1, 0.15) is 11.3 Å². The Morgan fingerprint density at radius 3 is 2.63 bits per heavy atom. The molecular weight excluding hydrogens is 425 g/mol. The van der Waals surface area contributed by atoms with Crippen LogP contribution in [0.2, 0.25) is 0 Å². The number of sulfone groups is 1. The highest BCUT2D eigenvalue weighted by Crippen LogP contribution is 2.31. The molecule has 0 amide bonds. The molecule has 7 nitrogen and oxygen atoms in total. The summed E-state index contributed by atoms with van der Waals surface area (Å²) in [6.45, 7) is 6.55. The van der Waals surface area contributed by atoms with Gasteiger partial charge in [-0.15, -0.1) is 11.3 Å². The lowest BCUT2D eigenvalue weighted by molar-refractivity contribution is 0.486. The molecule has 1 atom stereocenters. The van der Waals surface area contributed by atoms with E-state index in [1.807, 2.05) is 13.0 Å². The second-order valence-corrected chi connectivity index (χ2v) is 11.8. The van der Waals surface area contributed by atoms with Crippen LogP contribution in [0.5, 0.6) is 0 Å². The van der Waals surface area contributed by atoms with Crippen LogP contribution in [-0.4, -0.2) is 35.1 Å². The van der Waals surface area contributed by atoms with Gasteiger partial charge in [-0.2, -0.15) is 0 Å². The molecule has 1 unspecified atom stereocenters. The normalized spacial score (nSPS) is 13.7. The Morgan fingerprint density at radius 1 is 1.27 bits per heavy atom. The molecule has 30 heavy (non-hydrogen) atoms. The summed E-state index contributed by atoms with van der Waals surface area (Å²) in [4.78, 5) is 8.83. The van der Waals surface area contributed by atoms with Crippen LogP contribution in [0.15, 0.2) is 30.5 Å². The number of aromatic nitrogens is 2. The van der Waals surface area contributed by atoms with Gasteiger partial charge in [-0.25, -0.2) is 22.8 Å². The van der Waals surface area contributed by atoms with E-state index in [-0.39, 0.29) is 11.3 Å². The van der Waals surface area contributed by atoms with Crippen LogP contribution in [0, 0.1) is 12.7 Å². The lowest BCUT2D eigenvalue weighted by atomic mass is 10.0. The number of nitrogens with two attached hydrogens (primary N) is 2. The lowest BCUT2D eigenvalue weighted by Crippen LogP contribution is -2.55. The van der Waals surface area contributed by atoms with E-state index in [1.165, 1.54) is 19.9 Å². The second kappa shape index (κ2) is 8.18. The minimum atomic E-state index is -3.68. The summed E-state index contributed by atoms with van der Waals surface area (Å²) in [5, 5.41) is 4.09. The van der Waals surface area contributed by atoms with Crippen LogP contribution >= 0.6 is 11.3 Å². The van der Waals surface area contributed by atoms with Crippen LogP contribution in [-0.2, 0) is 9.84 Å². The van der Waals surface area contributed by atoms with E-state index in [0.29, 0.717) is 11.5 Å². The molecule has 2 heterocycles. The van der Waals surface area contributed by atoms with Gasteiger partial charge < -0.3 is 16.8 Å². The summed E-state index contributed by atoms with van der Waals surface area (Å²) >= 11 is 1.56. The van der Waals surface area contributed by atoms with Crippen molar-refractivity contribution in [1.82, 2.24) is 9.97 Å². The maximum Gasteiger partial charge on any atom is 0.158 e. The Labute approximate surface area is 179 Å². The summed E-state index contributed by atoms with van der Waals surface area (Å²) in [5.41, 5.74) is 12.9. The first-order valence-corrected chi connectivity index (χ1v) is 11.9. The fraction of sp³-hybridized carbons (Fsp3) is 0.400. The van der Waals surface area contributed by atoms with E-state index in [2.05, 4.69) is 15.3 Å². The number of nitrogens with zero attached hydrogens (tertiary/aromatic N) is 2. The molecule has 0 saturated heterocycles. The van der Waals surface area contributed by atoms with E-state index in [4.69, 9.17) is 11.5 Å². The number of fused-ring (bicyclic) bond motifs is 1. The molecule has 3 rings (SSSR count). The number of pyridine rings is 1. The second-order valence-electron chi connectivity index (χ2n) is 7.91. The fourth-order valence-corrected chi connectivity index (χ4v) is 5.54. The largest absolute Gasteiger partial charge is 0.338 e. The standard InChI is InChI=1S/C20H26FN5O2S2/c1-11(10-30(27,28)20(3,4)19(22)23)14-9-13(5-6-15(14)21)26-18-17-16(7-8-24-18)29-12(2)25-17/h5-9,11,19H,10,22-23H2,1-4H3,(H,24,26). The molecule has 0 aliphatic heterocycles. The van der Waals surface area contributed by atoms with E-state index in [9.17, 15) is 12.8 Å². The molecule has 2 aromatic heterocycles. The van der Waals surface area contributed by atoms with E-state index < -0.39 is 32.5 Å². The highest BCUT2D eigenvalue weighted by atomic mass is 32.2. The predicted octanol–water partition coefficient (Wildman–Crippen LogP) is 3.42. The maximum atomic E-state index is 14.5. The van der Waals surface area contributed by atoms with Crippen molar-refractivity contribution < 1.29 is 12.8 Å². The number of thiazole rings is 1. The summed E-state index contributed by atoms with van der Waals surface area (Å²) in [6.07, 6.45) is 0.640. The number of hydrogen-bond donors (Lipinski definition) is 3. The van der Waals surface area contributed by atoms with E-state index in [1.54, 1.807) is 36.6 Å². The van der Waals surface area contributed by atoms with Crippen LogP contribution < -0.4 is 16.8 Å². The zero-order valence-corrected chi connectivity index (χ0v) is 18.9. The van der Waals surface area contributed by atoms with E-state index in [0.717, 1.165) is 15.2 Å². The summed E-state index contributed by atoms with van der Waals surface area (Å²) in [7, 11) is -3.68. The molecular formula is C20H26FN5O2S2. The molecule has 10 heteroatoms. The SMILES string of the molecule is Cc1nc2c(Nc3ccc(F)c(C(C)CS(=O)(=O)C(C)(C)C(N)N)c3)nccc2s1. The lowest BCUT2D eigenvalue weighted by Gasteiger charge is -2.30. The highest BCUT2D eigenvalue weighted by molar-refractivity contribution is 7.92. The number of benzene rings is 1. The number of anilines is 2. The van der Waals surface area contributed by atoms with Crippen molar-refractivity contribution in [3.8, 4) is 0 Å². The summed E-state index contributed by atoms with van der Waals surface area (Å²) in [6, 6.07) is 6.38. The number of halogens is 1. The first kappa shape index (κ1) is 22.5. The molecule has 0 spiro atoms. The average Bonchev–Trinajstić information content (AvgIpc) is 3.03. The van der Waals surface area contributed by atoms with Crippen LogP contribution in [0.4, 0.5) is 15.9 Å². The number of nitrogens with one attached hydrogen (secondary N) is 1. The van der Waals surface area contributed by atoms with Crippen molar-refractivity contribution in [3.63, 3.8) is 0 Å². The number of hydrogen-bond acceptors (Lipinski definition) is 8. The van der Waals surface area contributed by atoms with Crippen LogP contribution in [0.3, 0.4) is 0 Å². The van der Waals surface area contributed by atoms with Crippen molar-refractivity contribution in [3.05, 3.63) is 46.9 Å². The molecule has 1 aromatic carbocycles. The molecule has 162 valence electrons. The maximum absolute atomic E-state index is 14.5. The zero-order chi connectivity index (χ0) is 22.3. The number of aryl methyl sites for hydroxylation is 1. The highest BCUT2D eigenvalue weighted by Gasteiger charge is 2.39. The Morgan fingerprint density at radius 2 is 1.97 bits per heavy atom. The first-order chi connectivity index (χ1) is 13.9.